The lowest BCUT2D eigenvalue weighted by Gasteiger charge is -2.20. The Balaban J connectivity index is 1.62. The van der Waals surface area contributed by atoms with Gasteiger partial charge < -0.3 is 9.72 Å². The van der Waals surface area contributed by atoms with Crippen LogP contribution in [-0.2, 0) is 9.53 Å². The highest BCUT2D eigenvalue weighted by Crippen LogP contribution is 2.34. The number of esters is 1. The maximum atomic E-state index is 11.6. The molecule has 0 saturated carbocycles. The number of rotatable bonds is 5. The number of imidazole rings is 1. The maximum absolute atomic E-state index is 11.6. The summed E-state index contributed by atoms with van der Waals surface area (Å²) in [6.45, 7) is 1.95. The first-order valence-electron chi connectivity index (χ1n) is 9.10. The van der Waals surface area contributed by atoms with Crippen LogP contribution >= 0.6 is 35.0 Å². The second kappa shape index (κ2) is 8.66. The summed E-state index contributed by atoms with van der Waals surface area (Å²) >= 11 is 13.6. The van der Waals surface area contributed by atoms with Crippen LogP contribution in [0, 0.1) is 0 Å². The molecule has 2 heterocycles. The fourth-order valence-electron chi connectivity index (χ4n) is 3.19. The molecule has 4 nitrogen and oxygen atoms in total. The molecule has 0 bridgehead atoms. The molecule has 0 radical (unpaired) electrons. The lowest BCUT2D eigenvalue weighted by molar-refractivity contribution is -0.143. The molecule has 0 unspecified atom stereocenters. The Morgan fingerprint density at radius 3 is 2.31 bits per heavy atom. The molecule has 1 aliphatic rings. The van der Waals surface area contributed by atoms with E-state index in [0.717, 1.165) is 39.7 Å². The Labute approximate surface area is 183 Å². The smallest absolute Gasteiger partial charge is 0.331 e. The van der Waals surface area contributed by atoms with Crippen molar-refractivity contribution in [1.82, 2.24) is 9.97 Å². The van der Waals surface area contributed by atoms with E-state index in [1.165, 1.54) is 11.8 Å². The minimum absolute atomic E-state index is 0.152. The molecule has 1 aromatic heterocycles. The zero-order valence-corrected chi connectivity index (χ0v) is 17.9. The molecule has 1 aliphatic heterocycles. The number of hydrogen-bond donors (Lipinski definition) is 1. The van der Waals surface area contributed by atoms with Crippen molar-refractivity contribution >= 4 is 40.9 Å². The van der Waals surface area contributed by atoms with Crippen molar-refractivity contribution < 1.29 is 9.53 Å². The van der Waals surface area contributed by atoms with E-state index in [1.54, 1.807) is 6.08 Å². The van der Waals surface area contributed by atoms with Crippen LogP contribution in [0.2, 0.25) is 10.0 Å². The number of carbonyl (C=O) groups excluding carboxylic acids is 1. The first kappa shape index (κ1) is 20.1. The largest absolute Gasteiger partial charge is 0.458 e. The van der Waals surface area contributed by atoms with Crippen LogP contribution in [0.4, 0.5) is 0 Å². The van der Waals surface area contributed by atoms with Gasteiger partial charge >= 0.3 is 5.97 Å². The number of ether oxygens (including phenoxy) is 1. The topological polar surface area (TPSA) is 55.0 Å². The van der Waals surface area contributed by atoms with Gasteiger partial charge in [-0.25, -0.2) is 9.78 Å². The highest BCUT2D eigenvalue weighted by atomic mass is 35.5. The maximum Gasteiger partial charge on any atom is 0.331 e. The standard InChI is InChI=1S/C22H18Cl2N2O2S/c1-13-10-18(28-19(27)11-13)12-29-22-25-20(14-2-6-16(23)7-3-14)21(26-22)15-4-8-17(24)9-5-15/h2-9,11,18H,10,12H2,1H3,(H,25,26)/t18-/m0/s1. The van der Waals surface area contributed by atoms with Gasteiger partial charge in [0.25, 0.3) is 0 Å². The number of halogens is 2. The first-order chi connectivity index (χ1) is 14.0. The van der Waals surface area contributed by atoms with Crippen molar-refractivity contribution in [2.75, 3.05) is 5.75 Å². The molecule has 0 amide bonds. The SMILES string of the molecule is CC1=CC(=O)O[C@H](CSc2nc(-c3ccc(Cl)cc3)c(-c3ccc(Cl)cc3)[nH]2)C1. The van der Waals surface area contributed by atoms with Crippen LogP contribution in [0.25, 0.3) is 22.5 Å². The molecular formula is C22H18Cl2N2O2S. The summed E-state index contributed by atoms with van der Waals surface area (Å²) in [7, 11) is 0. The predicted molar refractivity (Wildman–Crippen MR) is 118 cm³/mol. The minimum Gasteiger partial charge on any atom is -0.458 e. The van der Waals surface area contributed by atoms with E-state index >= 15 is 0 Å². The summed E-state index contributed by atoms with van der Waals surface area (Å²) in [6.07, 6.45) is 2.14. The fraction of sp³-hybridized carbons (Fsp3) is 0.182. The Morgan fingerprint density at radius 1 is 1.07 bits per heavy atom. The van der Waals surface area contributed by atoms with Crippen molar-refractivity contribution in [2.24, 2.45) is 0 Å². The third-order valence-electron chi connectivity index (χ3n) is 4.54. The van der Waals surface area contributed by atoms with Gasteiger partial charge in [-0.3, -0.25) is 0 Å². The van der Waals surface area contributed by atoms with Crippen LogP contribution in [0.1, 0.15) is 13.3 Å². The summed E-state index contributed by atoms with van der Waals surface area (Å²) in [5.74, 6) is 0.354. The summed E-state index contributed by atoms with van der Waals surface area (Å²) in [5.41, 5.74) is 4.73. The molecule has 1 N–H and O–H groups in total. The number of aromatic nitrogens is 2. The zero-order chi connectivity index (χ0) is 20.4. The van der Waals surface area contributed by atoms with Crippen LogP contribution in [0.15, 0.2) is 65.3 Å². The molecular weight excluding hydrogens is 427 g/mol. The van der Waals surface area contributed by atoms with Gasteiger partial charge in [0.15, 0.2) is 5.16 Å². The van der Waals surface area contributed by atoms with Crippen LogP contribution in [-0.4, -0.2) is 27.8 Å². The average molecular weight is 445 g/mol. The van der Waals surface area contributed by atoms with E-state index in [4.69, 9.17) is 32.9 Å². The molecule has 0 spiro atoms. The quantitative estimate of drug-likeness (QED) is 0.365. The van der Waals surface area contributed by atoms with E-state index in [-0.39, 0.29) is 12.1 Å². The molecule has 4 rings (SSSR count). The molecule has 1 atom stereocenters. The van der Waals surface area contributed by atoms with Crippen molar-refractivity contribution in [3.63, 3.8) is 0 Å². The predicted octanol–water partition coefficient (Wildman–Crippen LogP) is 6.40. The van der Waals surface area contributed by atoms with Crippen LogP contribution < -0.4 is 0 Å². The normalized spacial score (nSPS) is 16.4. The molecule has 2 aromatic carbocycles. The molecule has 0 saturated heterocycles. The van der Waals surface area contributed by atoms with E-state index in [1.807, 2.05) is 55.5 Å². The number of aromatic amines is 1. The molecule has 3 aromatic rings. The summed E-state index contributed by atoms with van der Waals surface area (Å²) in [5, 5.41) is 2.12. The fourth-order valence-corrected chi connectivity index (χ4v) is 4.30. The summed E-state index contributed by atoms with van der Waals surface area (Å²) in [4.78, 5) is 19.8. The molecule has 29 heavy (non-hydrogen) atoms. The van der Waals surface area contributed by atoms with Crippen LogP contribution in [0.5, 0.6) is 0 Å². The third kappa shape index (κ3) is 4.86. The van der Waals surface area contributed by atoms with Crippen molar-refractivity contribution in [2.45, 2.75) is 24.6 Å². The van der Waals surface area contributed by atoms with Gasteiger partial charge in [-0.1, -0.05) is 64.8 Å². The van der Waals surface area contributed by atoms with Gasteiger partial charge in [0.1, 0.15) is 6.10 Å². The molecule has 7 heteroatoms. The average Bonchev–Trinajstić information content (AvgIpc) is 3.11. The number of nitrogens with zero attached hydrogens (tertiary/aromatic N) is 1. The van der Waals surface area contributed by atoms with Crippen molar-refractivity contribution in [3.05, 3.63) is 70.2 Å². The third-order valence-corrected chi connectivity index (χ3v) is 6.04. The van der Waals surface area contributed by atoms with E-state index in [9.17, 15) is 4.79 Å². The Morgan fingerprint density at radius 2 is 1.69 bits per heavy atom. The Bertz CT molecular complexity index is 996. The van der Waals surface area contributed by atoms with Crippen molar-refractivity contribution in [1.29, 1.82) is 0 Å². The summed E-state index contributed by atoms with van der Waals surface area (Å²) in [6, 6.07) is 15.2. The molecule has 0 fully saturated rings. The number of benzene rings is 2. The van der Waals surface area contributed by atoms with Gasteiger partial charge in [0, 0.05) is 39.4 Å². The Hall–Kier alpha value is -2.21. The van der Waals surface area contributed by atoms with Gasteiger partial charge in [-0.15, -0.1) is 0 Å². The van der Waals surface area contributed by atoms with E-state index in [2.05, 4.69) is 4.98 Å². The molecule has 0 aliphatic carbocycles. The minimum atomic E-state index is -0.275. The second-order valence-corrected chi connectivity index (χ2v) is 8.73. The zero-order valence-electron chi connectivity index (χ0n) is 15.6. The molecule has 148 valence electrons. The number of H-pyrrole nitrogens is 1. The highest BCUT2D eigenvalue weighted by Gasteiger charge is 2.21. The Kier molecular flexibility index (Phi) is 5.99. The number of nitrogens with one attached hydrogen (secondary N) is 1. The number of hydrogen-bond acceptors (Lipinski definition) is 4. The monoisotopic (exact) mass is 444 g/mol. The number of cyclic esters (lactones) is 1. The van der Waals surface area contributed by atoms with Crippen LogP contribution in [0.3, 0.4) is 0 Å². The highest BCUT2D eigenvalue weighted by molar-refractivity contribution is 7.99. The lowest BCUT2D eigenvalue weighted by atomic mass is 10.1. The van der Waals surface area contributed by atoms with E-state index in [0.29, 0.717) is 15.8 Å². The summed E-state index contributed by atoms with van der Waals surface area (Å²) < 4.78 is 5.40. The number of carbonyl (C=O) groups is 1. The second-order valence-electron chi connectivity index (χ2n) is 6.84. The van der Waals surface area contributed by atoms with E-state index < -0.39 is 0 Å². The first-order valence-corrected chi connectivity index (χ1v) is 10.8. The number of thioether (sulfide) groups is 1. The van der Waals surface area contributed by atoms with Gasteiger partial charge in [0.2, 0.25) is 0 Å². The van der Waals surface area contributed by atoms with Crippen molar-refractivity contribution in [3.8, 4) is 22.5 Å². The van der Waals surface area contributed by atoms with Gasteiger partial charge in [-0.05, 0) is 31.2 Å². The van der Waals surface area contributed by atoms with Gasteiger partial charge in [-0.2, -0.15) is 0 Å². The van der Waals surface area contributed by atoms with Gasteiger partial charge in [0.05, 0.1) is 11.4 Å². The lowest BCUT2D eigenvalue weighted by Crippen LogP contribution is -2.24.